The monoisotopic (exact) mass is 120 g/mol. The number of hydrogen-bond donors (Lipinski definition) is 0. The highest BCUT2D eigenvalue weighted by molar-refractivity contribution is 6.11. The molecular weight excluding hydrogens is 116 g/mol. The fourth-order valence-electron chi connectivity index (χ4n) is 0.872. The van der Waals surface area contributed by atoms with Crippen LogP contribution >= 0.6 is 0 Å². The lowest BCUT2D eigenvalue weighted by atomic mass is 10.2. The summed E-state index contributed by atoms with van der Waals surface area (Å²) in [6.45, 7) is 3.50. The molecule has 0 amide bonds. The summed E-state index contributed by atoms with van der Waals surface area (Å²) in [4.78, 5) is 14.6. The smallest absolute Gasteiger partial charge is 0.248 e. The summed E-state index contributed by atoms with van der Waals surface area (Å²) in [6.07, 6.45) is 3.24. The van der Waals surface area contributed by atoms with E-state index in [1.165, 1.54) is 0 Å². The van der Waals surface area contributed by atoms with Crippen molar-refractivity contribution in [2.24, 2.45) is 0 Å². The van der Waals surface area contributed by atoms with Crippen LogP contribution in [0.5, 0.6) is 0 Å². The maximum atomic E-state index is 10.7. The molecule has 0 aliphatic carbocycles. The van der Waals surface area contributed by atoms with Gasteiger partial charge in [-0.3, -0.25) is 4.79 Å². The minimum absolute atomic E-state index is 0.0369. The van der Waals surface area contributed by atoms with Crippen molar-refractivity contribution in [1.82, 2.24) is 9.55 Å². The third-order valence-corrected chi connectivity index (χ3v) is 1.36. The molecule has 0 N–H and O–H groups in total. The second-order valence-corrected chi connectivity index (χ2v) is 1.87. The molecule has 0 spiro atoms. The Morgan fingerprint density at radius 1 is 1.78 bits per heavy atom. The first-order valence-corrected chi connectivity index (χ1v) is 2.59. The van der Waals surface area contributed by atoms with E-state index in [-0.39, 0.29) is 5.78 Å². The van der Waals surface area contributed by atoms with E-state index in [1.54, 1.807) is 17.0 Å². The fourth-order valence-corrected chi connectivity index (χ4v) is 0.872. The second-order valence-electron chi connectivity index (χ2n) is 1.87. The van der Waals surface area contributed by atoms with Crippen LogP contribution in [0.15, 0.2) is 12.8 Å². The molecule has 3 nitrogen and oxygen atoms in total. The number of aromatic nitrogens is 2. The lowest BCUT2D eigenvalue weighted by Gasteiger charge is -1.98. The van der Waals surface area contributed by atoms with Crippen LogP contribution in [0, 0.1) is 0 Å². The number of carbonyl (C=O) groups excluding carboxylic acids is 1. The molecule has 44 valence electrons. The summed E-state index contributed by atoms with van der Waals surface area (Å²) >= 11 is 0. The Morgan fingerprint density at radius 2 is 2.56 bits per heavy atom. The Kier molecular flexibility index (Phi) is 0.563. The Hall–Kier alpha value is -1.38. The van der Waals surface area contributed by atoms with Crippen molar-refractivity contribution in [1.29, 1.82) is 0 Å². The number of imidazole rings is 1. The van der Waals surface area contributed by atoms with Gasteiger partial charge in [-0.05, 0) is 0 Å². The molecule has 3 heterocycles. The van der Waals surface area contributed by atoms with Gasteiger partial charge in [0.2, 0.25) is 5.78 Å². The van der Waals surface area contributed by atoms with Crippen LogP contribution in [0.25, 0.3) is 6.20 Å². The largest absolute Gasteiger partial charge is 0.304 e. The van der Waals surface area contributed by atoms with Crippen LogP contribution in [-0.4, -0.2) is 15.3 Å². The molecule has 3 heteroatoms. The van der Waals surface area contributed by atoms with Crippen molar-refractivity contribution >= 4 is 12.0 Å². The van der Waals surface area contributed by atoms with Crippen LogP contribution in [0.4, 0.5) is 0 Å². The van der Waals surface area contributed by atoms with Gasteiger partial charge >= 0.3 is 0 Å². The predicted molar refractivity (Wildman–Crippen MR) is 32.0 cm³/mol. The van der Waals surface area contributed by atoms with Crippen molar-refractivity contribution < 1.29 is 4.79 Å². The van der Waals surface area contributed by atoms with Crippen molar-refractivity contribution in [2.45, 2.75) is 0 Å². The van der Waals surface area contributed by atoms with Gasteiger partial charge in [0.25, 0.3) is 0 Å². The number of fused-ring (bicyclic) bond motifs is 1. The Bertz CT molecular complexity index is 298. The van der Waals surface area contributed by atoms with Crippen molar-refractivity contribution in [3.8, 4) is 0 Å². The predicted octanol–water partition coefficient (Wildman–Crippen LogP) is 0.528. The zero-order valence-electron chi connectivity index (χ0n) is 4.66. The zero-order valence-corrected chi connectivity index (χ0v) is 4.66. The van der Waals surface area contributed by atoms with E-state index in [4.69, 9.17) is 0 Å². The highest BCUT2D eigenvalue weighted by atomic mass is 16.1. The Morgan fingerprint density at radius 3 is 2.78 bits per heavy atom. The molecule has 0 atom stereocenters. The summed E-state index contributed by atoms with van der Waals surface area (Å²) in [5.41, 5.74) is 0.546. The molecule has 0 saturated carbocycles. The minimum atomic E-state index is 0.0369. The molecule has 1 aromatic heterocycles. The van der Waals surface area contributed by atoms with Gasteiger partial charge in [0.1, 0.15) is 5.69 Å². The van der Waals surface area contributed by atoms with E-state index >= 15 is 0 Å². The molecule has 0 unspecified atom stereocenters. The third-order valence-electron chi connectivity index (χ3n) is 1.36. The van der Waals surface area contributed by atoms with Gasteiger partial charge < -0.3 is 4.57 Å². The lowest BCUT2D eigenvalue weighted by molar-refractivity contribution is 0.100. The first-order chi connectivity index (χ1) is 4.33. The third kappa shape index (κ3) is 0.332. The van der Waals surface area contributed by atoms with Crippen molar-refractivity contribution in [3.63, 3.8) is 0 Å². The average Bonchev–Trinajstić information content (AvgIpc) is 2.40. The quantitative estimate of drug-likeness (QED) is 0.550. The maximum Gasteiger partial charge on any atom is 0.248 e. The van der Waals surface area contributed by atoms with Gasteiger partial charge in [-0.25, -0.2) is 4.98 Å². The molecular formula is C6H4N2O. The van der Waals surface area contributed by atoms with E-state index in [0.717, 1.165) is 0 Å². The Balaban J connectivity index is 2.70. The van der Waals surface area contributed by atoms with Crippen LogP contribution in [0.3, 0.4) is 0 Å². The van der Waals surface area contributed by atoms with Gasteiger partial charge in [0, 0.05) is 12.4 Å². The average molecular weight is 120 g/mol. The number of ketones is 1. The summed E-state index contributed by atoms with van der Waals surface area (Å²) in [6, 6.07) is 0. The summed E-state index contributed by atoms with van der Waals surface area (Å²) < 4.78 is 1.62. The minimum Gasteiger partial charge on any atom is -0.304 e. The van der Waals surface area contributed by atoms with Crippen LogP contribution in [0.1, 0.15) is 16.3 Å². The number of rotatable bonds is 1. The van der Waals surface area contributed by atoms with E-state index in [0.29, 0.717) is 11.5 Å². The first kappa shape index (κ1) is 4.49. The summed E-state index contributed by atoms with van der Waals surface area (Å²) in [5, 5.41) is 0. The van der Waals surface area contributed by atoms with Gasteiger partial charge in [-0.1, -0.05) is 6.58 Å². The van der Waals surface area contributed by atoms with E-state index in [9.17, 15) is 4.79 Å². The molecule has 2 aliphatic rings. The molecule has 2 bridgehead atoms. The standard InChI is InChI=1S/C6H4N2O/c1-2-8-3-4-5(9)6(8)7-4/h2-3H,1H2. The summed E-state index contributed by atoms with van der Waals surface area (Å²) in [7, 11) is 0. The topological polar surface area (TPSA) is 34.9 Å². The lowest BCUT2D eigenvalue weighted by Crippen LogP contribution is -2.12. The molecule has 3 rings (SSSR count). The van der Waals surface area contributed by atoms with Gasteiger partial charge in [0.05, 0.1) is 0 Å². The molecule has 2 aliphatic heterocycles. The second kappa shape index (κ2) is 1.13. The van der Waals surface area contributed by atoms with Crippen LogP contribution in [-0.2, 0) is 0 Å². The highest BCUT2D eigenvalue weighted by Crippen LogP contribution is 2.17. The maximum absolute atomic E-state index is 10.7. The highest BCUT2D eigenvalue weighted by Gasteiger charge is 2.28. The normalized spacial score (nSPS) is 13.1. The Labute approximate surface area is 51.6 Å². The number of carbonyl (C=O) groups is 1. The zero-order chi connectivity index (χ0) is 6.43. The van der Waals surface area contributed by atoms with E-state index in [2.05, 4.69) is 11.6 Å². The van der Waals surface area contributed by atoms with E-state index < -0.39 is 0 Å². The van der Waals surface area contributed by atoms with Gasteiger partial charge in [0.15, 0.2) is 5.82 Å². The molecule has 0 saturated heterocycles. The fraction of sp³-hybridized carbons (Fsp3) is 0. The van der Waals surface area contributed by atoms with Crippen LogP contribution in [0.2, 0.25) is 0 Å². The molecule has 9 heavy (non-hydrogen) atoms. The van der Waals surface area contributed by atoms with Gasteiger partial charge in [-0.2, -0.15) is 0 Å². The molecule has 0 fully saturated rings. The van der Waals surface area contributed by atoms with Crippen molar-refractivity contribution in [2.75, 3.05) is 0 Å². The van der Waals surface area contributed by atoms with Crippen molar-refractivity contribution in [3.05, 3.63) is 24.3 Å². The number of nitrogens with zero attached hydrogens (tertiary/aromatic N) is 2. The molecule has 0 aromatic carbocycles. The SMILES string of the molecule is C=Cn1cc2nc1C2=O. The van der Waals surface area contributed by atoms with Crippen LogP contribution < -0.4 is 0 Å². The number of hydrogen-bond acceptors (Lipinski definition) is 2. The first-order valence-electron chi connectivity index (χ1n) is 2.59. The molecule has 1 aromatic rings. The van der Waals surface area contributed by atoms with Gasteiger partial charge in [-0.15, -0.1) is 0 Å². The van der Waals surface area contributed by atoms with E-state index in [1.807, 2.05) is 0 Å². The summed E-state index contributed by atoms with van der Waals surface area (Å²) in [5.74, 6) is 0.537. The molecule has 0 radical (unpaired) electrons.